The van der Waals surface area contributed by atoms with Gasteiger partial charge in [0, 0.05) is 12.5 Å². The predicted octanol–water partition coefficient (Wildman–Crippen LogP) is 4.82. The highest BCUT2D eigenvalue weighted by Crippen LogP contribution is 2.63. The lowest BCUT2D eigenvalue weighted by atomic mass is 9.47. The number of nitrogens with zero attached hydrogens (tertiary/aromatic N) is 1. The Hall–Kier alpha value is -1.42. The number of benzene rings is 1. The lowest BCUT2D eigenvalue weighted by Crippen LogP contribution is -2.57. The van der Waals surface area contributed by atoms with Crippen LogP contribution in [0.1, 0.15) is 70.6 Å². The molecule has 5 saturated carbocycles. The third-order valence-electron chi connectivity index (χ3n) is 7.75. The fourth-order valence-electron chi connectivity index (χ4n) is 7.36. The Bertz CT molecular complexity index is 728. The number of hydrogen-bond donors (Lipinski definition) is 1. The molecule has 0 aliphatic heterocycles. The molecule has 2 atom stereocenters. The van der Waals surface area contributed by atoms with E-state index in [0.717, 1.165) is 57.8 Å². The van der Waals surface area contributed by atoms with Crippen LogP contribution in [0.3, 0.4) is 0 Å². The number of halogens is 1. The van der Waals surface area contributed by atoms with E-state index in [9.17, 15) is 14.3 Å². The lowest BCUT2D eigenvalue weighted by molar-refractivity contribution is -0.168. The molecule has 1 aromatic carbocycles. The summed E-state index contributed by atoms with van der Waals surface area (Å²) in [6, 6.07) is 6.83. The van der Waals surface area contributed by atoms with Crippen molar-refractivity contribution in [3.8, 4) is 0 Å². The number of carbonyl (C=O) groups is 1. The monoisotopic (exact) mass is 371 g/mol. The van der Waals surface area contributed by atoms with Crippen molar-refractivity contribution in [1.29, 1.82) is 0 Å². The van der Waals surface area contributed by atoms with Gasteiger partial charge in [0.1, 0.15) is 5.82 Å². The van der Waals surface area contributed by atoms with Crippen LogP contribution in [0, 0.1) is 23.1 Å². The van der Waals surface area contributed by atoms with Crippen molar-refractivity contribution >= 4 is 11.6 Å². The molecule has 1 aromatic rings. The molecule has 27 heavy (non-hydrogen) atoms. The van der Waals surface area contributed by atoms with Crippen LogP contribution in [0.5, 0.6) is 0 Å². The summed E-state index contributed by atoms with van der Waals surface area (Å²) in [5.41, 5.74) is -0.184. The number of rotatable bonds is 4. The minimum atomic E-state index is -0.555. The maximum atomic E-state index is 14.6. The summed E-state index contributed by atoms with van der Waals surface area (Å²) in [6.07, 6.45) is 10.5. The van der Waals surface area contributed by atoms with Crippen LogP contribution < -0.4 is 4.90 Å². The van der Waals surface area contributed by atoms with Crippen LogP contribution >= 0.6 is 0 Å². The zero-order valence-electron chi connectivity index (χ0n) is 16.0. The standard InChI is InChI=1S/C23H30FNO2/c24-19-7-3-4-8-20(19)25(18-5-1-2-6-18)21(26)14-22-10-16-9-17(11-22)13-23(27,12-16)15-22/h3-4,7-8,16-18,27H,1-2,5-6,9-15H2/t16-,17-,22?,23?/m1/s1. The van der Waals surface area contributed by atoms with E-state index in [-0.39, 0.29) is 23.2 Å². The van der Waals surface area contributed by atoms with Gasteiger partial charge in [0.05, 0.1) is 11.3 Å². The third kappa shape index (κ3) is 3.10. The number of hydrogen-bond acceptors (Lipinski definition) is 2. The van der Waals surface area contributed by atoms with Crippen LogP contribution in [0.2, 0.25) is 0 Å². The normalized spacial score (nSPS) is 37.7. The molecule has 1 amide bonds. The van der Waals surface area contributed by atoms with Crippen LogP contribution in [0.4, 0.5) is 10.1 Å². The molecule has 1 N–H and O–H groups in total. The summed E-state index contributed by atoms with van der Waals surface area (Å²) in [5.74, 6) is 0.898. The van der Waals surface area contributed by atoms with Crippen LogP contribution in [-0.2, 0) is 4.79 Å². The summed E-state index contributed by atoms with van der Waals surface area (Å²) in [4.78, 5) is 15.3. The number of para-hydroxylation sites is 1. The topological polar surface area (TPSA) is 40.5 Å². The quantitative estimate of drug-likeness (QED) is 0.824. The average Bonchev–Trinajstić information content (AvgIpc) is 3.08. The van der Waals surface area contributed by atoms with Gasteiger partial charge in [-0.2, -0.15) is 0 Å². The average molecular weight is 371 g/mol. The van der Waals surface area contributed by atoms with Gasteiger partial charge >= 0.3 is 0 Å². The molecule has 0 unspecified atom stereocenters. The Kier molecular flexibility index (Phi) is 4.12. The molecule has 6 rings (SSSR count). The van der Waals surface area contributed by atoms with Crippen molar-refractivity contribution in [2.45, 2.75) is 82.3 Å². The molecule has 0 radical (unpaired) electrons. The molecule has 5 aliphatic rings. The van der Waals surface area contributed by atoms with Gasteiger partial charge < -0.3 is 10.0 Å². The van der Waals surface area contributed by atoms with E-state index in [4.69, 9.17) is 0 Å². The van der Waals surface area contributed by atoms with Gasteiger partial charge in [-0.15, -0.1) is 0 Å². The van der Waals surface area contributed by atoms with Crippen molar-refractivity contribution in [2.75, 3.05) is 4.90 Å². The van der Waals surface area contributed by atoms with Crippen LogP contribution in [0.25, 0.3) is 0 Å². The van der Waals surface area contributed by atoms with E-state index in [0.29, 0.717) is 23.9 Å². The molecule has 146 valence electrons. The second kappa shape index (κ2) is 6.30. The van der Waals surface area contributed by atoms with Crippen molar-refractivity contribution in [3.63, 3.8) is 0 Å². The SMILES string of the molecule is O=C(CC12C[C@H]3C[C@@H](CC(O)(C3)C1)C2)N(c1ccccc1F)C1CCCC1. The maximum absolute atomic E-state index is 14.6. The number of amides is 1. The first-order chi connectivity index (χ1) is 13.0. The molecule has 5 aliphatic carbocycles. The molecule has 3 nitrogen and oxygen atoms in total. The first-order valence-electron chi connectivity index (χ1n) is 10.7. The van der Waals surface area contributed by atoms with Crippen LogP contribution in [0.15, 0.2) is 24.3 Å². The third-order valence-corrected chi connectivity index (χ3v) is 7.75. The molecule has 4 bridgehead atoms. The fraction of sp³-hybridized carbons (Fsp3) is 0.696. The molecule has 0 spiro atoms. The van der Waals surface area contributed by atoms with Crippen molar-refractivity contribution in [3.05, 3.63) is 30.1 Å². The zero-order valence-corrected chi connectivity index (χ0v) is 16.0. The Balaban J connectivity index is 1.43. The number of anilines is 1. The first kappa shape index (κ1) is 17.7. The maximum Gasteiger partial charge on any atom is 0.227 e. The smallest absolute Gasteiger partial charge is 0.227 e. The van der Waals surface area contributed by atoms with Crippen molar-refractivity contribution < 1.29 is 14.3 Å². The van der Waals surface area contributed by atoms with Crippen LogP contribution in [-0.4, -0.2) is 22.7 Å². The molecule has 4 heteroatoms. The summed E-state index contributed by atoms with van der Waals surface area (Å²) in [5, 5.41) is 11.0. The highest BCUT2D eigenvalue weighted by Gasteiger charge is 2.57. The van der Waals surface area contributed by atoms with Gasteiger partial charge in [-0.25, -0.2) is 4.39 Å². The number of carbonyl (C=O) groups excluding carboxylic acids is 1. The highest BCUT2D eigenvalue weighted by molar-refractivity contribution is 5.94. The molecule has 0 heterocycles. The lowest BCUT2D eigenvalue weighted by Gasteiger charge is -2.60. The first-order valence-corrected chi connectivity index (χ1v) is 10.7. The van der Waals surface area contributed by atoms with Crippen molar-refractivity contribution in [1.82, 2.24) is 0 Å². The van der Waals surface area contributed by atoms with E-state index in [1.54, 1.807) is 17.0 Å². The number of aliphatic hydroxyl groups is 1. The summed E-state index contributed by atoms with van der Waals surface area (Å²) < 4.78 is 14.6. The van der Waals surface area contributed by atoms with E-state index in [1.165, 1.54) is 12.5 Å². The second-order valence-electron chi connectivity index (χ2n) is 10.0. The highest BCUT2D eigenvalue weighted by atomic mass is 19.1. The zero-order chi connectivity index (χ0) is 18.6. The van der Waals surface area contributed by atoms with E-state index >= 15 is 0 Å². The summed E-state index contributed by atoms with van der Waals surface area (Å²) in [6.45, 7) is 0. The van der Waals surface area contributed by atoms with Gasteiger partial charge in [0.25, 0.3) is 0 Å². The van der Waals surface area contributed by atoms with Gasteiger partial charge in [0.15, 0.2) is 0 Å². The largest absolute Gasteiger partial charge is 0.390 e. The Morgan fingerprint density at radius 3 is 2.41 bits per heavy atom. The minimum absolute atomic E-state index is 0.0672. The molecule has 0 aromatic heterocycles. The van der Waals surface area contributed by atoms with E-state index in [2.05, 4.69) is 0 Å². The van der Waals surface area contributed by atoms with E-state index in [1.807, 2.05) is 6.07 Å². The summed E-state index contributed by atoms with van der Waals surface area (Å²) in [7, 11) is 0. The molecular formula is C23H30FNO2. The van der Waals surface area contributed by atoms with Gasteiger partial charge in [-0.05, 0) is 80.8 Å². The van der Waals surface area contributed by atoms with Gasteiger partial charge in [-0.1, -0.05) is 25.0 Å². The molecule has 5 fully saturated rings. The summed E-state index contributed by atoms with van der Waals surface area (Å²) >= 11 is 0. The van der Waals surface area contributed by atoms with Gasteiger partial charge in [0.2, 0.25) is 5.91 Å². The second-order valence-corrected chi connectivity index (χ2v) is 10.0. The Morgan fingerprint density at radius 2 is 1.78 bits per heavy atom. The fourth-order valence-corrected chi connectivity index (χ4v) is 7.36. The van der Waals surface area contributed by atoms with Gasteiger partial charge in [-0.3, -0.25) is 4.79 Å². The Morgan fingerprint density at radius 1 is 1.11 bits per heavy atom. The van der Waals surface area contributed by atoms with E-state index < -0.39 is 5.60 Å². The Labute approximate surface area is 160 Å². The molecular weight excluding hydrogens is 341 g/mol. The predicted molar refractivity (Wildman–Crippen MR) is 103 cm³/mol. The van der Waals surface area contributed by atoms with Crippen molar-refractivity contribution in [2.24, 2.45) is 17.3 Å². The minimum Gasteiger partial charge on any atom is -0.390 e. The molecule has 0 saturated heterocycles.